The Morgan fingerprint density at radius 1 is 1.28 bits per heavy atom. The molecule has 0 saturated carbocycles. The number of nitriles is 1. The van der Waals surface area contributed by atoms with Gasteiger partial charge in [0.25, 0.3) is 5.91 Å². The molecule has 0 unspecified atom stereocenters. The van der Waals surface area contributed by atoms with Gasteiger partial charge in [0, 0.05) is 19.4 Å². The first-order valence-corrected chi connectivity index (χ1v) is 5.27. The van der Waals surface area contributed by atoms with E-state index in [9.17, 15) is 4.79 Å². The molecule has 2 heterocycles. The molecule has 0 aliphatic rings. The van der Waals surface area contributed by atoms with Crippen molar-refractivity contribution >= 4 is 11.7 Å². The second kappa shape index (κ2) is 5.06. The van der Waals surface area contributed by atoms with Gasteiger partial charge in [-0.2, -0.15) is 5.26 Å². The number of hydrogen-bond acceptors (Lipinski definition) is 4. The number of amides is 1. The summed E-state index contributed by atoms with van der Waals surface area (Å²) in [5, 5.41) is 8.78. The van der Waals surface area contributed by atoms with Gasteiger partial charge in [-0.3, -0.25) is 14.7 Å². The Hall–Kier alpha value is -2.74. The minimum Gasteiger partial charge on any atom is -0.294 e. The maximum Gasteiger partial charge on any atom is 0.277 e. The van der Waals surface area contributed by atoms with Crippen molar-refractivity contribution in [1.82, 2.24) is 9.97 Å². The Bertz CT molecular complexity index is 604. The van der Waals surface area contributed by atoms with Crippen LogP contribution in [-0.2, 0) is 0 Å². The van der Waals surface area contributed by atoms with E-state index in [1.54, 1.807) is 37.5 Å². The maximum absolute atomic E-state index is 12.1. The summed E-state index contributed by atoms with van der Waals surface area (Å²) in [5.74, 6) is 0.234. The molecular formula is C13H10N4O. The van der Waals surface area contributed by atoms with Crippen LogP contribution in [0.2, 0.25) is 0 Å². The number of pyridine rings is 2. The van der Waals surface area contributed by atoms with Crippen molar-refractivity contribution in [3.05, 3.63) is 54.0 Å². The van der Waals surface area contributed by atoms with Crippen LogP contribution in [0.15, 0.2) is 42.7 Å². The fourth-order valence-corrected chi connectivity index (χ4v) is 1.45. The minimum absolute atomic E-state index is 0.224. The molecule has 5 heteroatoms. The highest BCUT2D eigenvalue weighted by Gasteiger charge is 2.15. The topological polar surface area (TPSA) is 69.9 Å². The van der Waals surface area contributed by atoms with E-state index in [1.807, 2.05) is 6.07 Å². The second-order valence-electron chi connectivity index (χ2n) is 3.59. The van der Waals surface area contributed by atoms with E-state index in [0.29, 0.717) is 11.4 Å². The molecule has 2 aromatic rings. The lowest BCUT2D eigenvalue weighted by Gasteiger charge is -2.15. The van der Waals surface area contributed by atoms with Crippen molar-refractivity contribution in [3.63, 3.8) is 0 Å². The van der Waals surface area contributed by atoms with E-state index in [2.05, 4.69) is 9.97 Å². The van der Waals surface area contributed by atoms with Crippen LogP contribution < -0.4 is 4.90 Å². The summed E-state index contributed by atoms with van der Waals surface area (Å²) < 4.78 is 0. The first kappa shape index (κ1) is 11.7. The zero-order chi connectivity index (χ0) is 13.0. The minimum atomic E-state index is -0.300. The number of anilines is 1. The standard InChI is InChI=1S/C13H10N4O/c1-17(12-4-2-3-6-16-12)13(18)11-8-10(9-14)5-7-15-11/h2-8H,1H3. The lowest BCUT2D eigenvalue weighted by atomic mass is 10.2. The van der Waals surface area contributed by atoms with Crippen molar-refractivity contribution in [2.24, 2.45) is 0 Å². The zero-order valence-electron chi connectivity index (χ0n) is 9.74. The molecule has 2 rings (SSSR count). The zero-order valence-corrected chi connectivity index (χ0v) is 9.74. The Morgan fingerprint density at radius 2 is 2.11 bits per heavy atom. The van der Waals surface area contributed by atoms with Crippen LogP contribution in [0.3, 0.4) is 0 Å². The summed E-state index contributed by atoms with van der Waals surface area (Å²) in [6.07, 6.45) is 3.05. The summed E-state index contributed by atoms with van der Waals surface area (Å²) in [5.41, 5.74) is 0.630. The molecule has 0 atom stereocenters. The van der Waals surface area contributed by atoms with Gasteiger partial charge in [-0.15, -0.1) is 0 Å². The van der Waals surface area contributed by atoms with Crippen molar-refractivity contribution < 1.29 is 4.79 Å². The van der Waals surface area contributed by atoms with Gasteiger partial charge in [-0.25, -0.2) is 4.98 Å². The van der Waals surface area contributed by atoms with E-state index in [-0.39, 0.29) is 11.6 Å². The van der Waals surface area contributed by atoms with E-state index >= 15 is 0 Å². The van der Waals surface area contributed by atoms with Gasteiger partial charge >= 0.3 is 0 Å². The van der Waals surface area contributed by atoms with Crippen LogP contribution in [0.25, 0.3) is 0 Å². The van der Waals surface area contributed by atoms with Crippen molar-refractivity contribution in [3.8, 4) is 6.07 Å². The molecule has 0 aromatic carbocycles. The number of carbonyl (C=O) groups excluding carboxylic acids is 1. The van der Waals surface area contributed by atoms with Crippen molar-refractivity contribution in [2.75, 3.05) is 11.9 Å². The first-order chi connectivity index (χ1) is 8.72. The molecule has 5 nitrogen and oxygen atoms in total. The van der Waals surface area contributed by atoms with Gasteiger partial charge in [-0.05, 0) is 24.3 Å². The SMILES string of the molecule is CN(C(=O)c1cc(C#N)ccn1)c1ccccn1. The van der Waals surface area contributed by atoms with Gasteiger partial charge in [-0.1, -0.05) is 6.07 Å². The Kier molecular flexibility index (Phi) is 3.30. The van der Waals surface area contributed by atoms with Gasteiger partial charge in [0.2, 0.25) is 0 Å². The third-order valence-corrected chi connectivity index (χ3v) is 2.41. The monoisotopic (exact) mass is 238 g/mol. The number of aromatic nitrogens is 2. The molecule has 0 bridgehead atoms. The molecule has 18 heavy (non-hydrogen) atoms. The first-order valence-electron chi connectivity index (χ1n) is 5.27. The third-order valence-electron chi connectivity index (χ3n) is 2.41. The van der Waals surface area contributed by atoms with E-state index in [4.69, 9.17) is 5.26 Å². The summed E-state index contributed by atoms with van der Waals surface area (Å²) in [7, 11) is 1.62. The van der Waals surface area contributed by atoms with E-state index in [0.717, 1.165) is 0 Å². The molecule has 1 amide bonds. The van der Waals surface area contributed by atoms with Gasteiger partial charge in [0.05, 0.1) is 11.6 Å². The predicted molar refractivity (Wildman–Crippen MR) is 65.9 cm³/mol. The largest absolute Gasteiger partial charge is 0.294 e. The number of carbonyl (C=O) groups is 1. The molecule has 0 fully saturated rings. The molecule has 88 valence electrons. The molecule has 0 aliphatic carbocycles. The second-order valence-corrected chi connectivity index (χ2v) is 3.59. The summed E-state index contributed by atoms with van der Waals surface area (Å²) in [4.78, 5) is 21.6. The van der Waals surface area contributed by atoms with E-state index < -0.39 is 0 Å². The predicted octanol–water partition coefficient (Wildman–Crippen LogP) is 1.62. The van der Waals surface area contributed by atoms with Gasteiger partial charge < -0.3 is 0 Å². The van der Waals surface area contributed by atoms with Crippen molar-refractivity contribution in [1.29, 1.82) is 5.26 Å². The average Bonchev–Trinajstić information content (AvgIpc) is 2.46. The Morgan fingerprint density at radius 3 is 2.78 bits per heavy atom. The highest BCUT2D eigenvalue weighted by Crippen LogP contribution is 2.11. The number of rotatable bonds is 2. The highest BCUT2D eigenvalue weighted by molar-refractivity contribution is 6.03. The maximum atomic E-state index is 12.1. The summed E-state index contributed by atoms with van der Waals surface area (Å²) >= 11 is 0. The average molecular weight is 238 g/mol. The van der Waals surface area contributed by atoms with Crippen molar-refractivity contribution in [2.45, 2.75) is 0 Å². The summed E-state index contributed by atoms with van der Waals surface area (Å²) in [6, 6.07) is 10.3. The normalized spacial score (nSPS) is 9.56. The van der Waals surface area contributed by atoms with Crippen LogP contribution in [0.1, 0.15) is 16.1 Å². The molecule has 2 aromatic heterocycles. The molecule has 0 spiro atoms. The summed E-state index contributed by atoms with van der Waals surface area (Å²) in [6.45, 7) is 0. The fourth-order valence-electron chi connectivity index (χ4n) is 1.45. The molecule has 0 N–H and O–H groups in total. The van der Waals surface area contributed by atoms with Gasteiger partial charge in [0.1, 0.15) is 11.5 Å². The van der Waals surface area contributed by atoms with E-state index in [1.165, 1.54) is 17.2 Å². The fraction of sp³-hybridized carbons (Fsp3) is 0.0769. The third kappa shape index (κ3) is 2.33. The molecule has 0 aliphatic heterocycles. The smallest absolute Gasteiger partial charge is 0.277 e. The lowest BCUT2D eigenvalue weighted by molar-refractivity contribution is 0.0987. The van der Waals surface area contributed by atoms with Crippen LogP contribution in [0.5, 0.6) is 0 Å². The van der Waals surface area contributed by atoms with Crippen LogP contribution >= 0.6 is 0 Å². The molecule has 0 saturated heterocycles. The van der Waals surface area contributed by atoms with Gasteiger partial charge in [0.15, 0.2) is 0 Å². The molecule has 0 radical (unpaired) electrons. The lowest BCUT2D eigenvalue weighted by Crippen LogP contribution is -2.27. The van der Waals surface area contributed by atoms with Crippen LogP contribution in [0, 0.1) is 11.3 Å². The highest BCUT2D eigenvalue weighted by atomic mass is 16.2. The molecular weight excluding hydrogens is 228 g/mol. The number of hydrogen-bond donors (Lipinski definition) is 0. The van der Waals surface area contributed by atoms with Crippen LogP contribution in [0.4, 0.5) is 5.82 Å². The number of nitrogens with zero attached hydrogens (tertiary/aromatic N) is 4. The Labute approximate surface area is 104 Å². The van der Waals surface area contributed by atoms with Crippen LogP contribution in [-0.4, -0.2) is 22.9 Å². The quantitative estimate of drug-likeness (QED) is 0.797. The Balaban J connectivity index is 2.29.